The number of primary amides is 1. The van der Waals surface area contributed by atoms with Crippen molar-refractivity contribution < 1.29 is 18.0 Å². The van der Waals surface area contributed by atoms with E-state index in [4.69, 9.17) is 4.79 Å². The minimum Gasteiger partial charge on any atom is -0.372 e. The molecule has 1 unspecified atom stereocenters. The molecule has 2 saturated heterocycles. The fourth-order valence-corrected chi connectivity index (χ4v) is 6.96. The number of nitrogens with zero attached hydrogens (tertiary/aromatic N) is 2. The summed E-state index contributed by atoms with van der Waals surface area (Å²) in [4.78, 5) is 23.2. The molecule has 2 aliphatic heterocycles. The van der Waals surface area contributed by atoms with E-state index < -0.39 is 16.1 Å². The summed E-state index contributed by atoms with van der Waals surface area (Å²) in [7, 11) is -3.60. The van der Waals surface area contributed by atoms with E-state index in [1.54, 1.807) is 35.4 Å². The third kappa shape index (κ3) is 7.88. The van der Waals surface area contributed by atoms with E-state index in [2.05, 4.69) is 34.1 Å². The summed E-state index contributed by atoms with van der Waals surface area (Å²) >= 11 is 0. The normalized spacial score (nSPS) is 19.7. The van der Waals surface area contributed by atoms with Gasteiger partial charge >= 0.3 is 0 Å². The van der Waals surface area contributed by atoms with Gasteiger partial charge in [0.05, 0.1) is 4.90 Å². The van der Waals surface area contributed by atoms with Gasteiger partial charge in [-0.1, -0.05) is 42.8 Å². The summed E-state index contributed by atoms with van der Waals surface area (Å²) < 4.78 is 26.4. The van der Waals surface area contributed by atoms with Crippen molar-refractivity contribution in [1.29, 1.82) is 0 Å². The molecule has 5 rings (SSSR count). The number of sulfonamides is 1. The molecule has 3 N–H and O–H groups in total. The Bertz CT molecular complexity index is 1160. The summed E-state index contributed by atoms with van der Waals surface area (Å²) in [6, 6.07) is 13.3. The van der Waals surface area contributed by atoms with Gasteiger partial charge in [-0.2, -0.15) is 4.31 Å². The van der Waals surface area contributed by atoms with Gasteiger partial charge in [-0.15, -0.1) is 0 Å². The van der Waals surface area contributed by atoms with E-state index in [0.717, 1.165) is 5.56 Å². The summed E-state index contributed by atoms with van der Waals surface area (Å²) in [5, 5.41) is 2.70. The quantitative estimate of drug-likeness (QED) is 0.564. The van der Waals surface area contributed by atoms with Crippen LogP contribution in [0.25, 0.3) is 0 Å². The average molecular weight is 543 g/mol. The van der Waals surface area contributed by atoms with Crippen molar-refractivity contribution in [2.24, 2.45) is 5.73 Å². The number of nitrogens with one attached hydrogen (secondary N) is 1. The molecule has 0 radical (unpaired) electrons. The number of piperazine rings is 1. The van der Waals surface area contributed by atoms with Crippen LogP contribution in [0.1, 0.15) is 61.3 Å². The van der Waals surface area contributed by atoms with Crippen molar-refractivity contribution in [1.82, 2.24) is 14.5 Å². The molecule has 1 atom stereocenters. The smallest absolute Gasteiger partial charge is 0.243 e. The van der Waals surface area contributed by atoms with Gasteiger partial charge in [-0.3, -0.25) is 14.5 Å². The minimum absolute atomic E-state index is 0.218. The minimum atomic E-state index is -3.60. The first-order valence-corrected chi connectivity index (χ1v) is 15.1. The number of carbonyl (C=O) groups excluding carboxylic acids is 2. The first kappa shape index (κ1) is 29.8. The van der Waals surface area contributed by atoms with Crippen LogP contribution in [0.2, 0.25) is 0 Å². The maximum absolute atomic E-state index is 12.6. The molecule has 1 aliphatic carbocycles. The number of carbonyl (C=O) groups is 2. The van der Waals surface area contributed by atoms with Gasteiger partial charge in [0.1, 0.15) is 6.04 Å². The molecule has 2 aromatic rings. The molecule has 2 heterocycles. The van der Waals surface area contributed by atoms with Crippen molar-refractivity contribution in [3.63, 3.8) is 0 Å². The van der Waals surface area contributed by atoms with Gasteiger partial charge < -0.3 is 11.1 Å². The van der Waals surface area contributed by atoms with Gasteiger partial charge in [-0.25, -0.2) is 8.42 Å². The summed E-state index contributed by atoms with van der Waals surface area (Å²) in [6.07, 6.45) is 8.90. The standard InChI is InChI=1S/C15H21N.C13H18N2O3S.CH3NO/c1-2-6-15-11-13(7-8-14(15)5-1)12-16-9-3-4-10-16;1-3-12-13(16)14-8-9-15(12)19(17,18)11-6-4-10(2)5-7-11;2-1-3/h7-8,11H,1-6,9-10,12H2;4-7,12H,3,8-9H2,1-2H3,(H,14,16);1H,(H2,2,3). The van der Waals surface area contributed by atoms with Gasteiger partial charge in [0.2, 0.25) is 22.3 Å². The highest BCUT2D eigenvalue weighted by molar-refractivity contribution is 7.89. The van der Waals surface area contributed by atoms with Crippen molar-refractivity contribution in [3.8, 4) is 0 Å². The number of rotatable bonds is 5. The number of hydrogen-bond donors (Lipinski definition) is 2. The second-order valence-electron chi connectivity index (χ2n) is 10.1. The van der Waals surface area contributed by atoms with Crippen molar-refractivity contribution in [2.75, 3.05) is 26.2 Å². The van der Waals surface area contributed by atoms with Crippen LogP contribution >= 0.6 is 0 Å². The first-order valence-electron chi connectivity index (χ1n) is 13.6. The molecular formula is C29H42N4O4S. The SMILES string of the molecule is CCC1C(=O)NCCN1S(=O)(=O)c1ccc(C)cc1.NC=O.c1cc2c(cc1CN1CCCC1)CCCC2. The average Bonchev–Trinajstić information content (AvgIpc) is 3.43. The van der Waals surface area contributed by atoms with Gasteiger partial charge in [-0.05, 0) is 93.8 Å². The Morgan fingerprint density at radius 3 is 2.24 bits per heavy atom. The Morgan fingerprint density at radius 1 is 0.974 bits per heavy atom. The van der Waals surface area contributed by atoms with E-state index in [9.17, 15) is 13.2 Å². The number of nitrogens with two attached hydrogens (primary N) is 1. The molecule has 0 spiro atoms. The number of amides is 2. The third-order valence-electron chi connectivity index (χ3n) is 7.31. The maximum atomic E-state index is 12.6. The zero-order valence-corrected chi connectivity index (χ0v) is 23.5. The Labute approximate surface area is 227 Å². The molecule has 38 heavy (non-hydrogen) atoms. The first-order chi connectivity index (χ1) is 18.3. The van der Waals surface area contributed by atoms with Crippen LogP contribution in [0.15, 0.2) is 47.4 Å². The maximum Gasteiger partial charge on any atom is 0.243 e. The largest absolute Gasteiger partial charge is 0.372 e. The lowest BCUT2D eigenvalue weighted by Gasteiger charge is -2.33. The van der Waals surface area contributed by atoms with Gasteiger partial charge in [0.25, 0.3) is 0 Å². The summed E-state index contributed by atoms with van der Waals surface area (Å²) in [5.74, 6) is -0.218. The van der Waals surface area contributed by atoms with Gasteiger partial charge in [0, 0.05) is 19.6 Å². The third-order valence-corrected chi connectivity index (χ3v) is 9.24. The van der Waals surface area contributed by atoms with E-state index in [-0.39, 0.29) is 17.2 Å². The topological polar surface area (TPSA) is 113 Å². The van der Waals surface area contributed by atoms with E-state index in [0.29, 0.717) is 19.5 Å². The second kappa shape index (κ2) is 14.4. The molecule has 3 aliphatic rings. The fraction of sp³-hybridized carbons (Fsp3) is 0.517. The fourth-order valence-electron chi connectivity index (χ4n) is 5.30. The molecule has 0 aromatic heterocycles. The molecule has 0 bridgehead atoms. The molecule has 2 amide bonds. The van der Waals surface area contributed by atoms with Crippen LogP contribution in [0.4, 0.5) is 0 Å². The number of likely N-dealkylation sites (tertiary alicyclic amines) is 1. The van der Waals surface area contributed by atoms with Crippen molar-refractivity contribution in [2.45, 2.75) is 76.3 Å². The van der Waals surface area contributed by atoms with Crippen molar-refractivity contribution in [3.05, 3.63) is 64.7 Å². The number of aryl methyl sites for hydroxylation is 3. The molecule has 2 fully saturated rings. The summed E-state index contributed by atoms with van der Waals surface area (Å²) in [6.45, 7) is 8.18. The van der Waals surface area contributed by atoms with Crippen LogP contribution in [0.5, 0.6) is 0 Å². The predicted octanol–water partition coefficient (Wildman–Crippen LogP) is 3.16. The number of hydrogen-bond acceptors (Lipinski definition) is 5. The Balaban J connectivity index is 0.000000193. The highest BCUT2D eigenvalue weighted by atomic mass is 32.2. The Kier molecular flexibility index (Phi) is 11.3. The Morgan fingerprint density at radius 2 is 1.61 bits per heavy atom. The zero-order chi connectivity index (χ0) is 27.5. The van der Waals surface area contributed by atoms with Crippen LogP contribution < -0.4 is 11.1 Å². The van der Waals surface area contributed by atoms with Crippen LogP contribution in [-0.2, 0) is 39.0 Å². The molecular weight excluding hydrogens is 500 g/mol. The lowest BCUT2D eigenvalue weighted by atomic mass is 9.90. The predicted molar refractivity (Wildman–Crippen MR) is 150 cm³/mol. The lowest BCUT2D eigenvalue weighted by Crippen LogP contribution is -2.56. The molecule has 0 saturated carbocycles. The highest BCUT2D eigenvalue weighted by Gasteiger charge is 2.37. The molecule has 208 valence electrons. The van der Waals surface area contributed by atoms with Crippen LogP contribution in [0.3, 0.4) is 0 Å². The van der Waals surface area contributed by atoms with E-state index in [1.807, 2.05) is 13.8 Å². The lowest BCUT2D eigenvalue weighted by molar-refractivity contribution is -0.126. The van der Waals surface area contributed by atoms with E-state index >= 15 is 0 Å². The number of fused-ring (bicyclic) bond motifs is 1. The van der Waals surface area contributed by atoms with Crippen molar-refractivity contribution >= 4 is 22.3 Å². The van der Waals surface area contributed by atoms with Gasteiger partial charge in [0.15, 0.2) is 0 Å². The van der Waals surface area contributed by atoms with Crippen LogP contribution in [0, 0.1) is 6.92 Å². The molecule has 9 heteroatoms. The van der Waals surface area contributed by atoms with E-state index in [1.165, 1.54) is 68.0 Å². The number of benzene rings is 2. The highest BCUT2D eigenvalue weighted by Crippen LogP contribution is 2.24. The summed E-state index contributed by atoms with van der Waals surface area (Å²) in [5.41, 5.74) is 9.93. The zero-order valence-electron chi connectivity index (χ0n) is 22.7. The molecule has 8 nitrogen and oxygen atoms in total. The van der Waals surface area contributed by atoms with Crippen LogP contribution in [-0.4, -0.2) is 62.2 Å². The second-order valence-corrected chi connectivity index (χ2v) is 12.0. The Hall–Kier alpha value is -2.75. The monoisotopic (exact) mass is 542 g/mol. The molecule has 2 aromatic carbocycles.